The monoisotopic (exact) mass is 378 g/mol. The van der Waals surface area contributed by atoms with E-state index in [-0.39, 0.29) is 5.69 Å². The van der Waals surface area contributed by atoms with Crippen LogP contribution in [0.25, 0.3) is 0 Å². The zero-order chi connectivity index (χ0) is 19.2. The fourth-order valence-corrected chi connectivity index (χ4v) is 3.88. The van der Waals surface area contributed by atoms with Crippen LogP contribution in [0.2, 0.25) is 0 Å². The van der Waals surface area contributed by atoms with E-state index in [9.17, 15) is 17.6 Å². The summed E-state index contributed by atoms with van der Waals surface area (Å²) in [6.45, 7) is 1.85. The van der Waals surface area contributed by atoms with Crippen molar-refractivity contribution in [2.45, 2.75) is 25.8 Å². The lowest BCUT2D eigenvalue weighted by Crippen LogP contribution is -2.48. The number of nitrogens with one attached hydrogen (secondary N) is 1. The number of rotatable bonds is 8. The number of hydrogen-bond donors (Lipinski definition) is 1. The van der Waals surface area contributed by atoms with Gasteiger partial charge in [-0.25, -0.2) is 12.8 Å². The first kappa shape index (κ1) is 19.9. The van der Waals surface area contributed by atoms with Gasteiger partial charge in [0.2, 0.25) is 15.9 Å². The number of carbonyl (C=O) groups excluding carboxylic acids is 1. The molecule has 26 heavy (non-hydrogen) atoms. The lowest BCUT2D eigenvalue weighted by Gasteiger charge is -2.28. The van der Waals surface area contributed by atoms with Crippen molar-refractivity contribution < 1.29 is 17.6 Å². The molecular formula is C19H23FN2O3S. The molecule has 1 unspecified atom stereocenters. The summed E-state index contributed by atoms with van der Waals surface area (Å²) in [6.07, 6.45) is 2.48. The molecule has 0 aliphatic rings. The SMILES string of the molecule is CC(C(=O)NCCCc1ccccc1)N(c1ccccc1F)S(C)(=O)=O. The summed E-state index contributed by atoms with van der Waals surface area (Å²) in [4.78, 5) is 12.4. The summed E-state index contributed by atoms with van der Waals surface area (Å²) in [5.74, 6) is -1.16. The van der Waals surface area contributed by atoms with Gasteiger partial charge in [0.25, 0.3) is 0 Å². The quantitative estimate of drug-likeness (QED) is 0.719. The van der Waals surface area contributed by atoms with Gasteiger partial charge in [0.1, 0.15) is 11.9 Å². The smallest absolute Gasteiger partial charge is 0.243 e. The van der Waals surface area contributed by atoms with Gasteiger partial charge >= 0.3 is 0 Å². The first-order valence-electron chi connectivity index (χ1n) is 8.36. The number of nitrogens with zero attached hydrogens (tertiary/aromatic N) is 1. The minimum Gasteiger partial charge on any atom is -0.354 e. The van der Waals surface area contributed by atoms with Crippen LogP contribution in [-0.2, 0) is 21.2 Å². The molecule has 2 aromatic carbocycles. The highest BCUT2D eigenvalue weighted by molar-refractivity contribution is 7.92. The van der Waals surface area contributed by atoms with E-state index < -0.39 is 27.8 Å². The Bertz CT molecular complexity index is 841. The number of aryl methyl sites for hydroxylation is 1. The number of para-hydroxylation sites is 1. The maximum atomic E-state index is 14.1. The van der Waals surface area contributed by atoms with Gasteiger partial charge in [-0.3, -0.25) is 9.10 Å². The highest BCUT2D eigenvalue weighted by Gasteiger charge is 2.30. The van der Waals surface area contributed by atoms with Crippen LogP contribution in [0, 0.1) is 5.82 Å². The third-order valence-corrected chi connectivity index (χ3v) is 5.19. The number of hydrogen-bond acceptors (Lipinski definition) is 3. The molecule has 0 fully saturated rings. The van der Waals surface area contributed by atoms with Crippen molar-refractivity contribution in [3.63, 3.8) is 0 Å². The number of halogens is 1. The van der Waals surface area contributed by atoms with Crippen LogP contribution < -0.4 is 9.62 Å². The van der Waals surface area contributed by atoms with Crippen molar-refractivity contribution in [1.29, 1.82) is 0 Å². The van der Waals surface area contributed by atoms with E-state index in [0.717, 1.165) is 29.5 Å². The number of anilines is 1. The van der Waals surface area contributed by atoms with Gasteiger partial charge in [0.05, 0.1) is 11.9 Å². The Labute approximate surface area is 153 Å². The van der Waals surface area contributed by atoms with Gasteiger partial charge < -0.3 is 5.32 Å². The average Bonchev–Trinajstić information content (AvgIpc) is 2.60. The van der Waals surface area contributed by atoms with Crippen molar-refractivity contribution in [2.24, 2.45) is 0 Å². The number of carbonyl (C=O) groups is 1. The highest BCUT2D eigenvalue weighted by atomic mass is 32.2. The summed E-state index contributed by atoms with van der Waals surface area (Å²) < 4.78 is 39.1. The molecule has 0 spiro atoms. The molecule has 1 atom stereocenters. The Morgan fingerprint density at radius 1 is 1.12 bits per heavy atom. The molecular weight excluding hydrogens is 355 g/mol. The Morgan fingerprint density at radius 3 is 2.35 bits per heavy atom. The zero-order valence-electron chi connectivity index (χ0n) is 14.9. The van der Waals surface area contributed by atoms with Gasteiger partial charge in [-0.1, -0.05) is 42.5 Å². The van der Waals surface area contributed by atoms with Crippen LogP contribution in [0.3, 0.4) is 0 Å². The Balaban J connectivity index is 2.00. The fourth-order valence-electron chi connectivity index (χ4n) is 2.71. The van der Waals surface area contributed by atoms with Gasteiger partial charge in [-0.15, -0.1) is 0 Å². The second-order valence-corrected chi connectivity index (χ2v) is 7.93. The highest BCUT2D eigenvalue weighted by Crippen LogP contribution is 2.24. The normalized spacial score (nSPS) is 12.4. The van der Waals surface area contributed by atoms with Gasteiger partial charge in [-0.05, 0) is 37.5 Å². The zero-order valence-corrected chi connectivity index (χ0v) is 15.7. The van der Waals surface area contributed by atoms with Crippen molar-refractivity contribution in [1.82, 2.24) is 5.32 Å². The molecule has 2 rings (SSSR count). The fraction of sp³-hybridized carbons (Fsp3) is 0.316. The molecule has 0 aliphatic carbocycles. The van der Waals surface area contributed by atoms with Crippen molar-refractivity contribution in [3.05, 3.63) is 66.0 Å². The van der Waals surface area contributed by atoms with Crippen LogP contribution in [0.15, 0.2) is 54.6 Å². The molecule has 2 aromatic rings. The van der Waals surface area contributed by atoms with E-state index in [1.165, 1.54) is 30.7 Å². The first-order chi connectivity index (χ1) is 12.3. The van der Waals surface area contributed by atoms with E-state index in [2.05, 4.69) is 5.32 Å². The molecule has 7 heteroatoms. The van der Waals surface area contributed by atoms with Crippen LogP contribution in [0.5, 0.6) is 0 Å². The Kier molecular flexibility index (Phi) is 6.74. The van der Waals surface area contributed by atoms with Gasteiger partial charge in [-0.2, -0.15) is 0 Å². The van der Waals surface area contributed by atoms with Crippen molar-refractivity contribution in [3.8, 4) is 0 Å². The summed E-state index contributed by atoms with van der Waals surface area (Å²) in [5.41, 5.74) is 1.03. The number of amides is 1. The largest absolute Gasteiger partial charge is 0.354 e. The van der Waals surface area contributed by atoms with Gasteiger partial charge in [0, 0.05) is 6.54 Å². The van der Waals surface area contributed by atoms with Crippen LogP contribution >= 0.6 is 0 Å². The minimum atomic E-state index is -3.83. The third kappa shape index (κ3) is 5.29. The Hall–Kier alpha value is -2.41. The van der Waals surface area contributed by atoms with E-state index in [1.807, 2.05) is 30.3 Å². The predicted molar refractivity (Wildman–Crippen MR) is 101 cm³/mol. The van der Waals surface area contributed by atoms with Gasteiger partial charge in [0.15, 0.2) is 0 Å². The topological polar surface area (TPSA) is 66.5 Å². The molecule has 0 aliphatic heterocycles. The molecule has 1 N–H and O–H groups in total. The average molecular weight is 378 g/mol. The summed E-state index contributed by atoms with van der Waals surface area (Å²) in [5, 5.41) is 2.73. The Morgan fingerprint density at radius 2 is 1.73 bits per heavy atom. The lowest BCUT2D eigenvalue weighted by atomic mass is 10.1. The molecule has 0 radical (unpaired) electrons. The summed E-state index contributed by atoms with van der Waals surface area (Å²) in [7, 11) is -3.83. The van der Waals surface area contributed by atoms with Crippen molar-refractivity contribution in [2.75, 3.05) is 17.1 Å². The second kappa shape index (κ2) is 8.80. The van der Waals surface area contributed by atoms with Crippen LogP contribution in [0.4, 0.5) is 10.1 Å². The van der Waals surface area contributed by atoms with Crippen LogP contribution in [-0.4, -0.2) is 33.2 Å². The van der Waals surface area contributed by atoms with Crippen LogP contribution in [0.1, 0.15) is 18.9 Å². The molecule has 0 saturated carbocycles. The molecule has 1 amide bonds. The first-order valence-corrected chi connectivity index (χ1v) is 10.2. The molecule has 0 saturated heterocycles. The number of sulfonamides is 1. The summed E-state index contributed by atoms with van der Waals surface area (Å²) in [6, 6.07) is 14.3. The minimum absolute atomic E-state index is 0.137. The standard InChI is InChI=1S/C19H23FN2O3S/c1-15(19(23)21-14-8-11-16-9-4-3-5-10-16)22(26(2,24)25)18-13-7-6-12-17(18)20/h3-7,9-10,12-13,15H,8,11,14H2,1-2H3,(H,21,23). The molecule has 0 aromatic heterocycles. The molecule has 0 heterocycles. The van der Waals surface area contributed by atoms with E-state index in [0.29, 0.717) is 6.54 Å². The molecule has 5 nitrogen and oxygen atoms in total. The van der Waals surface area contributed by atoms with Crippen molar-refractivity contribution >= 4 is 21.6 Å². The second-order valence-electron chi connectivity index (χ2n) is 6.07. The maximum Gasteiger partial charge on any atom is 0.243 e. The van der Waals surface area contributed by atoms with E-state index >= 15 is 0 Å². The lowest BCUT2D eigenvalue weighted by molar-refractivity contribution is -0.121. The third-order valence-electron chi connectivity index (χ3n) is 3.96. The molecule has 140 valence electrons. The maximum absolute atomic E-state index is 14.1. The molecule has 0 bridgehead atoms. The van der Waals surface area contributed by atoms with E-state index in [1.54, 1.807) is 0 Å². The predicted octanol–water partition coefficient (Wildman–Crippen LogP) is 2.73. The number of benzene rings is 2. The van der Waals surface area contributed by atoms with E-state index in [4.69, 9.17) is 0 Å². The summed E-state index contributed by atoms with van der Waals surface area (Å²) >= 11 is 0.